The van der Waals surface area contributed by atoms with Crippen molar-refractivity contribution in [3.63, 3.8) is 0 Å². The van der Waals surface area contributed by atoms with Crippen molar-refractivity contribution in [3.05, 3.63) is 120 Å². The minimum Gasteiger partial charge on any atom is -0.457 e. The highest BCUT2D eigenvalue weighted by Crippen LogP contribution is 2.26. The van der Waals surface area contributed by atoms with Crippen LogP contribution in [0.4, 0.5) is 25.0 Å². The molecule has 0 aromatic heterocycles. The maximum atomic E-state index is 13.5. The Labute approximate surface area is 260 Å². The van der Waals surface area contributed by atoms with Gasteiger partial charge in [-0.05, 0) is 84.9 Å². The van der Waals surface area contributed by atoms with E-state index in [1.165, 1.54) is 36.4 Å². The summed E-state index contributed by atoms with van der Waals surface area (Å²) in [6, 6.07) is 27.8. The summed E-state index contributed by atoms with van der Waals surface area (Å²) in [5.74, 6) is 0.210. The second-order valence-corrected chi connectivity index (χ2v) is 11.1. The number of benzene rings is 4. The van der Waals surface area contributed by atoms with Gasteiger partial charge in [-0.15, -0.1) is 0 Å². The van der Waals surface area contributed by atoms with E-state index in [2.05, 4.69) is 15.1 Å². The number of carbonyl (C=O) groups excluding carboxylic acids is 2. The summed E-state index contributed by atoms with van der Waals surface area (Å²) in [5.41, 5.74) is 1.86. The highest BCUT2D eigenvalue weighted by atomic mass is 19.1. The van der Waals surface area contributed by atoms with Crippen molar-refractivity contribution in [2.45, 2.75) is 18.6 Å². The van der Waals surface area contributed by atoms with E-state index in [9.17, 15) is 18.4 Å². The smallest absolute Gasteiger partial charge is 0.338 e. The number of piperidine rings is 1. The number of nitrogens with zero attached hydrogens (tertiary/aromatic N) is 3. The van der Waals surface area contributed by atoms with E-state index in [4.69, 9.17) is 9.47 Å². The summed E-state index contributed by atoms with van der Waals surface area (Å²) in [6.45, 7) is 3.50. The lowest BCUT2D eigenvalue weighted by Crippen LogP contribution is -2.61. The molecule has 45 heavy (non-hydrogen) atoms. The number of ether oxygens (including phenoxy) is 2. The third kappa shape index (κ3) is 7.58. The van der Waals surface area contributed by atoms with E-state index in [-0.39, 0.29) is 23.7 Å². The first kappa shape index (κ1) is 30.1. The number of carbonyl (C=O) groups is 2. The maximum Gasteiger partial charge on any atom is 0.338 e. The van der Waals surface area contributed by atoms with Gasteiger partial charge in [0.05, 0.1) is 11.6 Å². The first-order valence-corrected chi connectivity index (χ1v) is 15.0. The molecule has 0 saturated carbocycles. The molecule has 232 valence electrons. The van der Waals surface area contributed by atoms with Crippen molar-refractivity contribution in [2.24, 2.45) is 0 Å². The molecule has 0 aliphatic carbocycles. The monoisotopic (exact) mass is 612 g/mol. The van der Waals surface area contributed by atoms with Crippen LogP contribution in [0.3, 0.4) is 0 Å². The van der Waals surface area contributed by atoms with Gasteiger partial charge in [-0.25, -0.2) is 18.4 Å². The lowest BCUT2D eigenvalue weighted by atomic mass is 9.99. The summed E-state index contributed by atoms with van der Waals surface area (Å²) in [4.78, 5) is 32.7. The van der Waals surface area contributed by atoms with Crippen LogP contribution in [0.15, 0.2) is 103 Å². The summed E-state index contributed by atoms with van der Waals surface area (Å²) in [7, 11) is 0. The minimum absolute atomic E-state index is 0.238. The Bertz CT molecular complexity index is 1580. The molecule has 1 N–H and O–H groups in total. The van der Waals surface area contributed by atoms with Crippen LogP contribution in [0, 0.1) is 11.6 Å². The predicted octanol–water partition coefficient (Wildman–Crippen LogP) is 6.41. The molecular formula is C35H34F2N4O4. The molecule has 2 saturated heterocycles. The van der Waals surface area contributed by atoms with Gasteiger partial charge in [0, 0.05) is 57.1 Å². The number of para-hydroxylation sites is 1. The molecule has 0 spiro atoms. The largest absolute Gasteiger partial charge is 0.457 e. The SMILES string of the molecule is O=C(O[C@@H]1CCN(C(=O)Nc2ccc(F)cc2)C[C@H]1N1CCN(c2ccc(F)cc2)CC1)c1ccc(Oc2ccccc2)cc1. The highest BCUT2D eigenvalue weighted by molar-refractivity contribution is 5.90. The van der Waals surface area contributed by atoms with Crippen LogP contribution in [0.1, 0.15) is 16.8 Å². The molecule has 2 heterocycles. The normalized spacial score (nSPS) is 18.7. The first-order valence-electron chi connectivity index (χ1n) is 15.0. The summed E-state index contributed by atoms with van der Waals surface area (Å²) >= 11 is 0. The highest BCUT2D eigenvalue weighted by Gasteiger charge is 2.39. The zero-order valence-corrected chi connectivity index (χ0v) is 24.6. The number of urea groups is 1. The summed E-state index contributed by atoms with van der Waals surface area (Å²) in [5, 5.41) is 2.84. The zero-order valence-electron chi connectivity index (χ0n) is 24.6. The molecule has 0 radical (unpaired) electrons. The van der Waals surface area contributed by atoms with Crippen molar-refractivity contribution in [2.75, 3.05) is 49.5 Å². The van der Waals surface area contributed by atoms with E-state index in [1.807, 2.05) is 30.3 Å². The van der Waals surface area contributed by atoms with Gasteiger partial charge in [0.25, 0.3) is 0 Å². The molecule has 4 aromatic rings. The fraction of sp³-hybridized carbons (Fsp3) is 0.257. The Morgan fingerprint density at radius 2 is 1.33 bits per heavy atom. The Hall–Kier alpha value is -4.96. The second kappa shape index (κ2) is 13.8. The van der Waals surface area contributed by atoms with Crippen molar-refractivity contribution in [1.29, 1.82) is 0 Å². The maximum absolute atomic E-state index is 13.5. The van der Waals surface area contributed by atoms with Gasteiger partial charge in [0.2, 0.25) is 0 Å². The number of piperazine rings is 1. The molecular weight excluding hydrogens is 578 g/mol. The van der Waals surface area contributed by atoms with Crippen LogP contribution in [0.25, 0.3) is 0 Å². The zero-order chi connectivity index (χ0) is 31.2. The average Bonchev–Trinajstić information content (AvgIpc) is 3.07. The molecule has 2 aliphatic rings. The molecule has 2 atom stereocenters. The van der Waals surface area contributed by atoms with Crippen LogP contribution in [-0.2, 0) is 4.74 Å². The molecule has 2 amide bonds. The molecule has 10 heteroatoms. The quantitative estimate of drug-likeness (QED) is 0.243. The van der Waals surface area contributed by atoms with Gasteiger partial charge in [0.15, 0.2) is 0 Å². The van der Waals surface area contributed by atoms with Crippen molar-refractivity contribution in [1.82, 2.24) is 9.80 Å². The first-order chi connectivity index (χ1) is 21.9. The Morgan fingerprint density at radius 1 is 0.711 bits per heavy atom. The lowest BCUT2D eigenvalue weighted by molar-refractivity contribution is -0.0290. The third-order valence-electron chi connectivity index (χ3n) is 8.21. The van der Waals surface area contributed by atoms with Crippen LogP contribution >= 0.6 is 0 Å². The minimum atomic E-state index is -0.440. The van der Waals surface area contributed by atoms with E-state index in [0.29, 0.717) is 68.4 Å². The topological polar surface area (TPSA) is 74.4 Å². The van der Waals surface area contributed by atoms with Crippen LogP contribution in [0.5, 0.6) is 11.5 Å². The summed E-state index contributed by atoms with van der Waals surface area (Å²) < 4.78 is 38.8. The molecule has 2 fully saturated rings. The average molecular weight is 613 g/mol. The summed E-state index contributed by atoms with van der Waals surface area (Å²) in [6.07, 6.45) is 0.0191. The Balaban J connectivity index is 1.13. The lowest BCUT2D eigenvalue weighted by Gasteiger charge is -2.46. The van der Waals surface area contributed by atoms with Gasteiger partial charge >= 0.3 is 12.0 Å². The Kier molecular flexibility index (Phi) is 9.21. The number of rotatable bonds is 7. The number of likely N-dealkylation sites (tertiary alicyclic amines) is 1. The fourth-order valence-electron chi connectivity index (χ4n) is 5.77. The van der Waals surface area contributed by atoms with Crippen LogP contribution < -0.4 is 15.0 Å². The van der Waals surface area contributed by atoms with E-state index >= 15 is 0 Å². The van der Waals surface area contributed by atoms with Gasteiger partial charge in [-0.3, -0.25) is 4.90 Å². The van der Waals surface area contributed by atoms with Gasteiger partial charge < -0.3 is 24.6 Å². The molecule has 0 unspecified atom stereocenters. The fourth-order valence-corrected chi connectivity index (χ4v) is 5.77. The predicted molar refractivity (Wildman–Crippen MR) is 168 cm³/mol. The molecule has 4 aromatic carbocycles. The third-order valence-corrected chi connectivity index (χ3v) is 8.21. The molecule has 8 nitrogen and oxygen atoms in total. The second-order valence-electron chi connectivity index (χ2n) is 11.1. The van der Waals surface area contributed by atoms with Gasteiger partial charge in [0.1, 0.15) is 29.2 Å². The molecule has 2 aliphatic heterocycles. The molecule has 6 rings (SSSR count). The number of anilines is 2. The number of nitrogens with one attached hydrogen (secondary N) is 1. The molecule has 0 bridgehead atoms. The van der Waals surface area contributed by atoms with Gasteiger partial charge in [-0.1, -0.05) is 18.2 Å². The number of amides is 2. The van der Waals surface area contributed by atoms with Gasteiger partial charge in [-0.2, -0.15) is 0 Å². The van der Waals surface area contributed by atoms with E-state index in [0.717, 1.165) is 5.69 Å². The number of halogens is 2. The van der Waals surface area contributed by atoms with E-state index < -0.39 is 12.1 Å². The van der Waals surface area contributed by atoms with Crippen LogP contribution in [0.2, 0.25) is 0 Å². The van der Waals surface area contributed by atoms with Crippen molar-refractivity contribution in [3.8, 4) is 11.5 Å². The van der Waals surface area contributed by atoms with Crippen molar-refractivity contribution < 1.29 is 27.8 Å². The van der Waals surface area contributed by atoms with E-state index in [1.54, 1.807) is 41.3 Å². The van der Waals surface area contributed by atoms with Crippen LogP contribution in [-0.4, -0.2) is 73.2 Å². The number of hydrogen-bond acceptors (Lipinski definition) is 6. The number of esters is 1. The standard InChI is InChI=1S/C35H34F2N4O4/c36-26-8-12-28(13-9-26)38-35(43)41-19-18-33(32(24-41)40-22-20-39(21-23-40)29-14-10-27(37)11-15-29)45-34(42)25-6-16-31(17-7-25)44-30-4-2-1-3-5-30/h1-17,32-33H,18-24H2,(H,38,43)/t32-,33-/m1/s1. The number of hydrogen-bond donors (Lipinski definition) is 1. The Morgan fingerprint density at radius 3 is 2.00 bits per heavy atom. The van der Waals surface area contributed by atoms with Crippen molar-refractivity contribution >= 4 is 23.4 Å².